The normalized spacial score (nSPS) is 9.78. The van der Waals surface area contributed by atoms with Gasteiger partial charge in [0, 0.05) is 0 Å². The Morgan fingerprint density at radius 2 is 2.11 bits per heavy atom. The molecule has 9 heavy (non-hydrogen) atoms. The fourth-order valence-corrected chi connectivity index (χ4v) is 0.392. The van der Waals surface area contributed by atoms with E-state index in [1.165, 1.54) is 0 Å². The number of nitrogens with zero attached hydrogens (tertiary/aromatic N) is 1. The minimum Gasteiger partial charge on any atom is -0.421 e. The van der Waals surface area contributed by atoms with Crippen LogP contribution in [-0.2, 0) is 0 Å². The molecule has 50 valence electrons. The minimum atomic E-state index is -0.981. The van der Waals surface area contributed by atoms with Crippen LogP contribution >= 0.6 is 0 Å². The first kappa shape index (κ1) is 5.54. The van der Waals surface area contributed by atoms with Crippen molar-refractivity contribution in [2.24, 2.45) is 0 Å². The van der Waals surface area contributed by atoms with Crippen molar-refractivity contribution >= 4 is 11.7 Å². The molecule has 0 fully saturated rings. The van der Waals surface area contributed by atoms with Gasteiger partial charge in [0.2, 0.25) is 11.7 Å². The van der Waals surface area contributed by atoms with E-state index >= 15 is 0 Å². The predicted octanol–water partition coefficient (Wildman–Crippen LogP) is -1.16. The first-order valence-corrected chi connectivity index (χ1v) is 2.09. The quantitative estimate of drug-likeness (QED) is 0.385. The van der Waals surface area contributed by atoms with Crippen LogP contribution in [0.15, 0.2) is 9.21 Å². The molecule has 0 spiro atoms. The average Bonchev–Trinajstić information content (AvgIpc) is 1.98. The molecule has 0 aromatic carbocycles. The molecular weight excluding hydrogens is 126 g/mol. The van der Waals surface area contributed by atoms with Gasteiger partial charge in [-0.15, -0.1) is 0 Å². The predicted molar refractivity (Wildman–Crippen MR) is 29.0 cm³/mol. The highest BCUT2D eigenvalue weighted by molar-refractivity contribution is 5.49. The van der Waals surface area contributed by atoms with Crippen molar-refractivity contribution in [1.82, 2.24) is 4.73 Å². The number of anilines is 2. The molecule has 6 nitrogen and oxygen atoms in total. The molecule has 0 saturated heterocycles. The van der Waals surface area contributed by atoms with Crippen LogP contribution in [0.4, 0.5) is 11.7 Å². The summed E-state index contributed by atoms with van der Waals surface area (Å²) in [6.45, 7) is 0. The third-order valence-electron chi connectivity index (χ3n) is 0.851. The molecule has 0 saturated carbocycles. The van der Waals surface area contributed by atoms with Crippen LogP contribution in [0.5, 0.6) is 0 Å². The Balaban J connectivity index is 3.47. The van der Waals surface area contributed by atoms with E-state index in [0.717, 1.165) is 0 Å². The average molecular weight is 131 g/mol. The van der Waals surface area contributed by atoms with Crippen LogP contribution in [0.2, 0.25) is 0 Å². The molecule has 1 aromatic rings. The van der Waals surface area contributed by atoms with Gasteiger partial charge in [-0.3, -0.25) is 0 Å². The lowest BCUT2D eigenvalue weighted by Crippen LogP contribution is -2.12. The molecule has 0 aliphatic rings. The highest BCUT2D eigenvalue weighted by Gasteiger charge is 2.07. The molecule has 0 radical (unpaired) electrons. The van der Waals surface area contributed by atoms with Crippen LogP contribution in [-0.4, -0.2) is 9.94 Å². The van der Waals surface area contributed by atoms with Crippen molar-refractivity contribution < 1.29 is 9.62 Å². The van der Waals surface area contributed by atoms with Crippen molar-refractivity contribution in [2.45, 2.75) is 0 Å². The van der Waals surface area contributed by atoms with E-state index in [2.05, 4.69) is 4.42 Å². The minimum absolute atomic E-state index is 0.134. The third kappa shape index (κ3) is 0.600. The molecule has 0 amide bonds. The zero-order valence-electron chi connectivity index (χ0n) is 4.37. The van der Waals surface area contributed by atoms with E-state index < -0.39 is 5.76 Å². The number of aromatic nitrogens is 1. The van der Waals surface area contributed by atoms with Crippen LogP contribution in [0.1, 0.15) is 0 Å². The molecule has 1 rings (SSSR count). The topological polar surface area (TPSA) is 107 Å². The summed E-state index contributed by atoms with van der Waals surface area (Å²) in [6, 6.07) is 0. The van der Waals surface area contributed by atoms with Crippen molar-refractivity contribution in [1.29, 1.82) is 0 Å². The summed E-state index contributed by atoms with van der Waals surface area (Å²) in [5.41, 5.74) is 9.97. The SMILES string of the molecule is Nc1oc(=O)n(O)c1N. The number of rotatable bonds is 0. The Bertz CT molecular complexity index is 272. The van der Waals surface area contributed by atoms with Crippen LogP contribution in [0, 0.1) is 0 Å². The first-order chi connectivity index (χ1) is 4.13. The highest BCUT2D eigenvalue weighted by Crippen LogP contribution is 2.07. The highest BCUT2D eigenvalue weighted by atomic mass is 16.5. The number of oxazole rings is 1. The van der Waals surface area contributed by atoms with Gasteiger partial charge in [0.15, 0.2) is 0 Å². The third-order valence-corrected chi connectivity index (χ3v) is 0.851. The second kappa shape index (κ2) is 1.44. The van der Waals surface area contributed by atoms with Crippen LogP contribution in [0.25, 0.3) is 0 Å². The second-order valence-electron chi connectivity index (χ2n) is 1.43. The lowest BCUT2D eigenvalue weighted by molar-refractivity contribution is 0.167. The fraction of sp³-hybridized carbons (Fsp3) is 0. The molecule has 1 heterocycles. The maximum Gasteiger partial charge on any atom is 0.455 e. The summed E-state index contributed by atoms with van der Waals surface area (Å²) in [4.78, 5) is 10.2. The molecule has 5 N–H and O–H groups in total. The van der Waals surface area contributed by atoms with E-state index in [1.54, 1.807) is 0 Å². The van der Waals surface area contributed by atoms with Crippen molar-refractivity contribution in [3.05, 3.63) is 10.6 Å². The Morgan fingerprint density at radius 1 is 1.56 bits per heavy atom. The smallest absolute Gasteiger partial charge is 0.421 e. The molecule has 0 aliphatic carbocycles. The Labute approximate surface area is 49.2 Å². The van der Waals surface area contributed by atoms with Gasteiger partial charge in [-0.2, -0.15) is 0 Å². The molecular formula is C3H5N3O3. The van der Waals surface area contributed by atoms with E-state index in [0.29, 0.717) is 0 Å². The summed E-state index contributed by atoms with van der Waals surface area (Å²) in [5, 5.41) is 8.53. The molecule has 0 bridgehead atoms. The molecule has 6 heteroatoms. The van der Waals surface area contributed by atoms with Crippen molar-refractivity contribution in [3.8, 4) is 0 Å². The van der Waals surface area contributed by atoms with Crippen LogP contribution < -0.4 is 17.2 Å². The molecule has 0 aliphatic heterocycles. The van der Waals surface area contributed by atoms with Gasteiger partial charge in [0.25, 0.3) is 0 Å². The van der Waals surface area contributed by atoms with Gasteiger partial charge in [0.05, 0.1) is 0 Å². The Morgan fingerprint density at radius 3 is 2.22 bits per heavy atom. The monoisotopic (exact) mass is 131 g/mol. The van der Waals surface area contributed by atoms with Gasteiger partial charge in [-0.1, -0.05) is 4.73 Å². The van der Waals surface area contributed by atoms with E-state index in [-0.39, 0.29) is 16.4 Å². The second-order valence-corrected chi connectivity index (χ2v) is 1.43. The number of hydrogen-bond acceptors (Lipinski definition) is 5. The zero-order chi connectivity index (χ0) is 7.02. The summed E-state index contributed by atoms with van der Waals surface area (Å²) in [7, 11) is 0. The van der Waals surface area contributed by atoms with E-state index in [1.807, 2.05) is 0 Å². The standard InChI is InChI=1S/C3H5N3O3/c4-1-2(5)9-3(7)6(1)8/h8H,4-5H2. The van der Waals surface area contributed by atoms with E-state index in [9.17, 15) is 4.79 Å². The largest absolute Gasteiger partial charge is 0.455 e. The number of hydrogen-bond donors (Lipinski definition) is 3. The number of nitrogen functional groups attached to an aromatic ring is 2. The molecule has 1 aromatic heterocycles. The van der Waals surface area contributed by atoms with Gasteiger partial charge < -0.3 is 21.1 Å². The van der Waals surface area contributed by atoms with Gasteiger partial charge in [-0.25, -0.2) is 4.79 Å². The van der Waals surface area contributed by atoms with Crippen molar-refractivity contribution in [3.63, 3.8) is 0 Å². The van der Waals surface area contributed by atoms with Gasteiger partial charge in [0.1, 0.15) is 0 Å². The lowest BCUT2D eigenvalue weighted by Gasteiger charge is -1.86. The number of nitrogens with two attached hydrogens (primary N) is 2. The van der Waals surface area contributed by atoms with Gasteiger partial charge >= 0.3 is 5.76 Å². The Kier molecular flexibility index (Phi) is 0.888. The Hall–Kier alpha value is -1.59. The first-order valence-electron chi connectivity index (χ1n) is 2.09. The summed E-state index contributed by atoms with van der Waals surface area (Å²) >= 11 is 0. The molecule has 0 unspecified atom stereocenters. The summed E-state index contributed by atoms with van der Waals surface area (Å²) in [6.07, 6.45) is 0. The van der Waals surface area contributed by atoms with E-state index in [4.69, 9.17) is 16.7 Å². The maximum atomic E-state index is 10.2. The van der Waals surface area contributed by atoms with Gasteiger partial charge in [-0.05, 0) is 0 Å². The maximum absolute atomic E-state index is 10.2. The summed E-state index contributed by atoms with van der Waals surface area (Å²) in [5.74, 6) is -1.53. The van der Waals surface area contributed by atoms with Crippen molar-refractivity contribution in [2.75, 3.05) is 11.5 Å². The lowest BCUT2D eigenvalue weighted by atomic mass is 10.7. The summed E-state index contributed by atoms with van der Waals surface area (Å²) < 4.78 is 4.29. The molecule has 0 atom stereocenters. The zero-order valence-corrected chi connectivity index (χ0v) is 4.37. The fourth-order valence-electron chi connectivity index (χ4n) is 0.392. The van der Waals surface area contributed by atoms with Crippen LogP contribution in [0.3, 0.4) is 0 Å².